The Morgan fingerprint density at radius 2 is 1.72 bits per heavy atom. The second-order valence-electron chi connectivity index (χ2n) is 8.15. The third-order valence-electron chi connectivity index (χ3n) is 5.46. The maximum atomic E-state index is 12.9. The van der Waals surface area contributed by atoms with Gasteiger partial charge in [0.1, 0.15) is 5.75 Å². The van der Waals surface area contributed by atoms with Crippen molar-refractivity contribution in [2.75, 3.05) is 19.7 Å². The molecule has 0 aliphatic carbocycles. The van der Waals surface area contributed by atoms with Gasteiger partial charge in [0, 0.05) is 47.3 Å². The number of ether oxygens (including phenoxy) is 1. The van der Waals surface area contributed by atoms with Gasteiger partial charge in [0.2, 0.25) is 10.0 Å². The van der Waals surface area contributed by atoms with Crippen LogP contribution >= 0.6 is 23.2 Å². The highest BCUT2D eigenvalue weighted by molar-refractivity contribution is 7.88. The van der Waals surface area contributed by atoms with Gasteiger partial charge in [-0.25, -0.2) is 13.6 Å². The van der Waals surface area contributed by atoms with Gasteiger partial charge in [-0.3, -0.25) is 9.69 Å². The summed E-state index contributed by atoms with van der Waals surface area (Å²) in [7, 11) is -3.77. The Kier molecular flexibility index (Phi) is 8.06. The number of amides is 1. The fraction of sp³-hybridized carbons (Fsp3) is 0.409. The summed E-state index contributed by atoms with van der Waals surface area (Å²) in [6.07, 6.45) is 0. The number of sulfonamides is 1. The first kappa shape index (κ1) is 24.8. The van der Waals surface area contributed by atoms with E-state index >= 15 is 0 Å². The van der Waals surface area contributed by atoms with Crippen LogP contribution in [-0.2, 0) is 27.1 Å². The van der Waals surface area contributed by atoms with Crippen molar-refractivity contribution in [3.05, 3.63) is 63.6 Å². The predicted octanol–water partition coefficient (Wildman–Crippen LogP) is 3.28. The number of carbonyl (C=O) groups is 1. The first-order valence-corrected chi connectivity index (χ1v) is 12.7. The maximum absolute atomic E-state index is 12.9. The molecule has 1 aliphatic heterocycles. The van der Waals surface area contributed by atoms with Gasteiger partial charge in [-0.05, 0) is 49.7 Å². The summed E-state index contributed by atoms with van der Waals surface area (Å²) in [5.74, 6) is -0.306. The topological polar surface area (TPSA) is 92.9 Å². The minimum absolute atomic E-state index is 0.00343. The Bertz CT molecular complexity index is 1060. The molecule has 0 spiro atoms. The summed E-state index contributed by atoms with van der Waals surface area (Å²) in [5, 5.41) is 6.23. The van der Waals surface area contributed by atoms with Gasteiger partial charge < -0.3 is 9.64 Å². The zero-order chi connectivity index (χ0) is 23.5. The van der Waals surface area contributed by atoms with E-state index in [4.69, 9.17) is 33.1 Å². The molecule has 0 unspecified atom stereocenters. The Hall–Kier alpha value is -1.84. The predicted molar refractivity (Wildman–Crippen MR) is 126 cm³/mol. The molecule has 1 amide bonds. The molecule has 1 heterocycles. The van der Waals surface area contributed by atoms with Gasteiger partial charge in [0.25, 0.3) is 5.91 Å². The molecule has 2 atom stereocenters. The fourth-order valence-electron chi connectivity index (χ4n) is 3.83. The normalized spacial score (nSPS) is 19.7. The lowest BCUT2D eigenvalue weighted by molar-refractivity contribution is -0.139. The lowest BCUT2D eigenvalue weighted by Gasteiger charge is -2.44. The van der Waals surface area contributed by atoms with Crippen LogP contribution in [0, 0.1) is 0 Å². The summed E-state index contributed by atoms with van der Waals surface area (Å²) >= 11 is 11.9. The molecule has 3 rings (SSSR count). The van der Waals surface area contributed by atoms with Crippen LogP contribution in [-0.4, -0.2) is 55.9 Å². The molecule has 0 saturated carbocycles. The Labute approximate surface area is 199 Å². The second-order valence-corrected chi connectivity index (χ2v) is 10.6. The molecule has 1 aliphatic rings. The summed E-state index contributed by atoms with van der Waals surface area (Å²) in [5.41, 5.74) is 1.49. The average Bonchev–Trinajstić information content (AvgIpc) is 2.70. The number of halogens is 2. The van der Waals surface area contributed by atoms with E-state index in [0.717, 1.165) is 13.1 Å². The molecular formula is C22H27Cl2N3O4S. The van der Waals surface area contributed by atoms with Crippen LogP contribution in [0.2, 0.25) is 10.0 Å². The monoisotopic (exact) mass is 499 g/mol. The Morgan fingerprint density at radius 3 is 2.38 bits per heavy atom. The number of primary sulfonamides is 1. The fourth-order valence-corrected chi connectivity index (χ4v) is 4.81. The van der Waals surface area contributed by atoms with E-state index in [0.29, 0.717) is 22.2 Å². The zero-order valence-corrected chi connectivity index (χ0v) is 20.3. The summed E-state index contributed by atoms with van der Waals surface area (Å²) in [6.45, 7) is 5.98. The molecule has 2 N–H and O–H groups in total. The van der Waals surface area contributed by atoms with Gasteiger partial charge in [0.15, 0.2) is 6.61 Å². The number of hydrogen-bond donors (Lipinski definition) is 1. The van der Waals surface area contributed by atoms with Crippen LogP contribution in [0.4, 0.5) is 0 Å². The first-order valence-electron chi connectivity index (χ1n) is 10.2. The average molecular weight is 500 g/mol. The second kappa shape index (κ2) is 10.4. The summed E-state index contributed by atoms with van der Waals surface area (Å²) in [4.78, 5) is 17.0. The molecule has 7 nitrogen and oxygen atoms in total. The van der Waals surface area contributed by atoms with E-state index in [1.54, 1.807) is 17.0 Å². The number of nitrogens with two attached hydrogens (primary N) is 1. The van der Waals surface area contributed by atoms with Crippen molar-refractivity contribution in [2.24, 2.45) is 5.14 Å². The minimum atomic E-state index is -3.77. The number of rotatable bonds is 7. The lowest BCUT2D eigenvalue weighted by atomic mass is 10.1. The van der Waals surface area contributed by atoms with Crippen molar-refractivity contribution >= 4 is 39.1 Å². The van der Waals surface area contributed by atoms with E-state index < -0.39 is 15.8 Å². The molecule has 32 heavy (non-hydrogen) atoms. The molecule has 0 aromatic heterocycles. The first-order chi connectivity index (χ1) is 15.0. The van der Waals surface area contributed by atoms with Crippen LogP contribution in [0.5, 0.6) is 5.75 Å². The van der Waals surface area contributed by atoms with Gasteiger partial charge in [-0.15, -0.1) is 0 Å². The molecule has 2 aromatic rings. The van der Waals surface area contributed by atoms with Crippen molar-refractivity contribution in [1.29, 1.82) is 0 Å². The van der Waals surface area contributed by atoms with Crippen LogP contribution in [0.25, 0.3) is 0 Å². The van der Waals surface area contributed by atoms with E-state index in [-0.39, 0.29) is 30.3 Å². The van der Waals surface area contributed by atoms with E-state index in [1.807, 2.05) is 31.2 Å². The summed E-state index contributed by atoms with van der Waals surface area (Å²) in [6, 6.07) is 12.5. The van der Waals surface area contributed by atoms with Gasteiger partial charge in [0.05, 0.1) is 5.75 Å². The zero-order valence-electron chi connectivity index (χ0n) is 18.0. The Balaban J connectivity index is 1.61. The van der Waals surface area contributed by atoms with Crippen molar-refractivity contribution in [1.82, 2.24) is 9.80 Å². The SMILES string of the molecule is C[C@@H]1CN(Cc2ccc(Cl)cc2)[C@@H](C)CN1C(=O)COc1ccc(Cl)cc1CS(N)(=O)=O. The van der Waals surface area contributed by atoms with Crippen LogP contribution in [0.15, 0.2) is 42.5 Å². The quantitative estimate of drug-likeness (QED) is 0.630. The number of nitrogens with zero attached hydrogens (tertiary/aromatic N) is 2. The van der Waals surface area contributed by atoms with Crippen molar-refractivity contribution in [3.63, 3.8) is 0 Å². The highest BCUT2D eigenvalue weighted by atomic mass is 35.5. The molecular weight excluding hydrogens is 473 g/mol. The van der Waals surface area contributed by atoms with E-state index in [2.05, 4.69) is 11.8 Å². The molecule has 2 aromatic carbocycles. The number of benzene rings is 2. The largest absolute Gasteiger partial charge is 0.483 e. The smallest absolute Gasteiger partial charge is 0.260 e. The van der Waals surface area contributed by atoms with Crippen LogP contribution < -0.4 is 9.88 Å². The van der Waals surface area contributed by atoms with Gasteiger partial charge in [-0.2, -0.15) is 0 Å². The number of piperazine rings is 1. The van der Waals surface area contributed by atoms with Gasteiger partial charge in [-0.1, -0.05) is 35.3 Å². The van der Waals surface area contributed by atoms with Gasteiger partial charge >= 0.3 is 0 Å². The molecule has 1 saturated heterocycles. The molecule has 0 bridgehead atoms. The summed E-state index contributed by atoms with van der Waals surface area (Å²) < 4.78 is 28.7. The third-order valence-corrected chi connectivity index (χ3v) is 6.67. The van der Waals surface area contributed by atoms with Crippen LogP contribution in [0.3, 0.4) is 0 Å². The molecule has 0 radical (unpaired) electrons. The molecule has 10 heteroatoms. The Morgan fingerprint density at radius 1 is 1.06 bits per heavy atom. The third kappa shape index (κ3) is 6.83. The minimum Gasteiger partial charge on any atom is -0.483 e. The standard InChI is InChI=1S/C22H27Cl2N3O4S/c1-15-11-27(16(2)10-26(15)12-17-3-5-19(23)6-4-17)22(28)13-31-21-8-7-20(24)9-18(21)14-32(25,29)30/h3-9,15-16H,10-14H2,1-2H3,(H2,25,29,30)/t15-,16+/m0/s1. The molecule has 1 fully saturated rings. The van der Waals surface area contributed by atoms with Crippen molar-refractivity contribution < 1.29 is 17.9 Å². The van der Waals surface area contributed by atoms with E-state index in [9.17, 15) is 13.2 Å². The molecule has 174 valence electrons. The van der Waals surface area contributed by atoms with E-state index in [1.165, 1.54) is 11.6 Å². The highest BCUT2D eigenvalue weighted by Crippen LogP contribution is 2.25. The highest BCUT2D eigenvalue weighted by Gasteiger charge is 2.32. The number of hydrogen-bond acceptors (Lipinski definition) is 5. The number of carbonyl (C=O) groups excluding carboxylic acids is 1. The van der Waals surface area contributed by atoms with Crippen molar-refractivity contribution in [3.8, 4) is 5.75 Å². The van der Waals surface area contributed by atoms with Crippen LogP contribution in [0.1, 0.15) is 25.0 Å². The van der Waals surface area contributed by atoms with Crippen molar-refractivity contribution in [2.45, 2.75) is 38.2 Å². The maximum Gasteiger partial charge on any atom is 0.260 e. The lowest BCUT2D eigenvalue weighted by Crippen LogP contribution is -2.58.